The highest BCUT2D eigenvalue weighted by Gasteiger charge is 2.32. The van der Waals surface area contributed by atoms with Crippen LogP contribution in [-0.2, 0) is 13.1 Å². The van der Waals surface area contributed by atoms with Crippen LogP contribution >= 0.6 is 0 Å². The third-order valence-electron chi connectivity index (χ3n) is 5.04. The monoisotopic (exact) mass is 365 g/mol. The summed E-state index contributed by atoms with van der Waals surface area (Å²) < 4.78 is 0. The molecule has 0 aliphatic carbocycles. The SMILES string of the molecule is CC1CN(Cc2ccc(C=O)cc2)CC(C)N1C(=O)NCc1ccccc1. The molecule has 2 aromatic rings. The fourth-order valence-electron chi connectivity index (χ4n) is 3.79. The molecular weight excluding hydrogens is 338 g/mol. The second-order valence-corrected chi connectivity index (χ2v) is 7.30. The van der Waals surface area contributed by atoms with Crippen LogP contribution in [0.3, 0.4) is 0 Å². The molecule has 1 N–H and O–H groups in total. The Morgan fingerprint density at radius 1 is 1.00 bits per heavy atom. The number of rotatable bonds is 5. The van der Waals surface area contributed by atoms with Crippen LogP contribution in [0, 0.1) is 0 Å². The van der Waals surface area contributed by atoms with E-state index in [2.05, 4.69) is 24.1 Å². The van der Waals surface area contributed by atoms with Crippen molar-refractivity contribution in [1.29, 1.82) is 0 Å². The average molecular weight is 365 g/mol. The molecule has 1 heterocycles. The largest absolute Gasteiger partial charge is 0.334 e. The number of benzene rings is 2. The van der Waals surface area contributed by atoms with Crippen molar-refractivity contribution in [3.05, 3.63) is 71.3 Å². The molecule has 2 aromatic carbocycles. The lowest BCUT2D eigenvalue weighted by atomic mass is 10.1. The van der Waals surface area contributed by atoms with E-state index in [1.165, 1.54) is 5.56 Å². The smallest absolute Gasteiger partial charge is 0.318 e. The average Bonchev–Trinajstić information content (AvgIpc) is 2.67. The summed E-state index contributed by atoms with van der Waals surface area (Å²) in [5, 5.41) is 3.04. The molecule has 5 heteroatoms. The fourth-order valence-corrected chi connectivity index (χ4v) is 3.79. The first-order valence-corrected chi connectivity index (χ1v) is 9.43. The molecule has 0 radical (unpaired) electrons. The van der Waals surface area contributed by atoms with E-state index in [0.29, 0.717) is 12.1 Å². The predicted molar refractivity (Wildman–Crippen MR) is 107 cm³/mol. The van der Waals surface area contributed by atoms with E-state index in [1.54, 1.807) is 0 Å². The second-order valence-electron chi connectivity index (χ2n) is 7.30. The summed E-state index contributed by atoms with van der Waals surface area (Å²) in [5.74, 6) is 0. The highest BCUT2D eigenvalue weighted by Crippen LogP contribution is 2.18. The first-order valence-electron chi connectivity index (χ1n) is 9.43. The maximum absolute atomic E-state index is 12.7. The van der Waals surface area contributed by atoms with Gasteiger partial charge < -0.3 is 10.2 Å². The van der Waals surface area contributed by atoms with E-state index < -0.39 is 0 Å². The van der Waals surface area contributed by atoms with Gasteiger partial charge in [0, 0.05) is 43.8 Å². The molecule has 5 nitrogen and oxygen atoms in total. The van der Waals surface area contributed by atoms with Crippen molar-refractivity contribution >= 4 is 12.3 Å². The van der Waals surface area contributed by atoms with Crippen LogP contribution in [-0.4, -0.2) is 47.3 Å². The van der Waals surface area contributed by atoms with E-state index in [9.17, 15) is 9.59 Å². The maximum atomic E-state index is 12.7. The van der Waals surface area contributed by atoms with Crippen LogP contribution in [0.15, 0.2) is 54.6 Å². The number of hydrogen-bond donors (Lipinski definition) is 1. The molecule has 1 aliphatic rings. The zero-order valence-electron chi connectivity index (χ0n) is 16.0. The molecule has 2 amide bonds. The number of urea groups is 1. The minimum Gasteiger partial charge on any atom is -0.334 e. The molecule has 2 atom stereocenters. The van der Waals surface area contributed by atoms with Gasteiger partial charge in [0.2, 0.25) is 0 Å². The molecule has 0 aromatic heterocycles. The third kappa shape index (κ3) is 4.95. The Bertz CT molecular complexity index is 749. The Morgan fingerprint density at radius 2 is 1.63 bits per heavy atom. The second kappa shape index (κ2) is 8.82. The van der Waals surface area contributed by atoms with Gasteiger partial charge in [-0.15, -0.1) is 0 Å². The lowest BCUT2D eigenvalue weighted by Gasteiger charge is -2.44. The van der Waals surface area contributed by atoms with Crippen molar-refractivity contribution in [2.45, 2.75) is 39.0 Å². The van der Waals surface area contributed by atoms with Gasteiger partial charge in [-0.05, 0) is 25.0 Å². The zero-order chi connectivity index (χ0) is 19.2. The van der Waals surface area contributed by atoms with Gasteiger partial charge in [0.15, 0.2) is 0 Å². The molecular formula is C22H27N3O2. The van der Waals surface area contributed by atoms with Crippen molar-refractivity contribution in [2.75, 3.05) is 13.1 Å². The highest BCUT2D eigenvalue weighted by atomic mass is 16.2. The normalized spacial score (nSPS) is 20.3. The minimum atomic E-state index is -0.00570. The summed E-state index contributed by atoms with van der Waals surface area (Å²) in [7, 11) is 0. The lowest BCUT2D eigenvalue weighted by Crippen LogP contribution is -2.60. The first-order chi connectivity index (χ1) is 13.1. The Kier molecular flexibility index (Phi) is 6.24. The molecule has 1 fully saturated rings. The van der Waals surface area contributed by atoms with E-state index >= 15 is 0 Å². The van der Waals surface area contributed by atoms with Gasteiger partial charge in [-0.2, -0.15) is 0 Å². The summed E-state index contributed by atoms with van der Waals surface area (Å²) in [5.41, 5.74) is 2.98. The number of aldehydes is 1. The van der Waals surface area contributed by atoms with Crippen LogP contribution in [0.4, 0.5) is 4.79 Å². The molecule has 27 heavy (non-hydrogen) atoms. The molecule has 2 unspecified atom stereocenters. The Morgan fingerprint density at radius 3 is 2.22 bits per heavy atom. The number of carbonyl (C=O) groups is 2. The van der Waals surface area contributed by atoms with Crippen LogP contribution in [0.2, 0.25) is 0 Å². The van der Waals surface area contributed by atoms with Crippen LogP contribution in [0.1, 0.15) is 35.3 Å². The first kappa shape index (κ1) is 19.1. The van der Waals surface area contributed by atoms with Crippen LogP contribution < -0.4 is 5.32 Å². The molecule has 142 valence electrons. The van der Waals surface area contributed by atoms with Gasteiger partial charge in [0.05, 0.1) is 0 Å². The minimum absolute atomic E-state index is 0.00570. The van der Waals surface area contributed by atoms with Crippen molar-refractivity contribution in [3.8, 4) is 0 Å². The lowest BCUT2D eigenvalue weighted by molar-refractivity contribution is 0.0599. The van der Waals surface area contributed by atoms with Crippen molar-refractivity contribution in [1.82, 2.24) is 15.1 Å². The zero-order valence-corrected chi connectivity index (χ0v) is 16.0. The van der Waals surface area contributed by atoms with Crippen molar-refractivity contribution < 1.29 is 9.59 Å². The number of nitrogens with one attached hydrogen (secondary N) is 1. The Hall–Kier alpha value is -2.66. The van der Waals surface area contributed by atoms with Gasteiger partial charge in [-0.25, -0.2) is 4.79 Å². The summed E-state index contributed by atoms with van der Waals surface area (Å²) in [6.07, 6.45) is 0.862. The van der Waals surface area contributed by atoms with Gasteiger partial charge in [-0.1, -0.05) is 54.6 Å². The number of nitrogens with zero attached hydrogens (tertiary/aromatic N) is 2. The molecule has 0 saturated carbocycles. The molecule has 0 bridgehead atoms. The molecule has 0 spiro atoms. The summed E-state index contributed by atoms with van der Waals surface area (Å²) in [6, 6.07) is 17.9. The van der Waals surface area contributed by atoms with Gasteiger partial charge >= 0.3 is 6.03 Å². The third-order valence-corrected chi connectivity index (χ3v) is 5.04. The number of hydrogen-bond acceptors (Lipinski definition) is 3. The summed E-state index contributed by atoms with van der Waals surface area (Å²) >= 11 is 0. The summed E-state index contributed by atoms with van der Waals surface area (Å²) in [6.45, 7) is 7.23. The van der Waals surface area contributed by atoms with Gasteiger partial charge in [-0.3, -0.25) is 9.69 Å². The van der Waals surface area contributed by atoms with E-state index in [4.69, 9.17) is 0 Å². The maximum Gasteiger partial charge on any atom is 0.318 e. The highest BCUT2D eigenvalue weighted by molar-refractivity contribution is 5.75. The number of piperazine rings is 1. The summed E-state index contributed by atoms with van der Waals surface area (Å²) in [4.78, 5) is 27.8. The molecule has 1 saturated heterocycles. The fraction of sp³-hybridized carbons (Fsp3) is 0.364. The van der Waals surface area contributed by atoms with E-state index in [1.807, 2.05) is 59.5 Å². The molecule has 1 aliphatic heterocycles. The van der Waals surface area contributed by atoms with Gasteiger partial charge in [0.25, 0.3) is 0 Å². The van der Waals surface area contributed by atoms with E-state index in [0.717, 1.165) is 31.5 Å². The Balaban J connectivity index is 1.55. The number of amides is 2. The van der Waals surface area contributed by atoms with Crippen LogP contribution in [0.5, 0.6) is 0 Å². The predicted octanol–water partition coefficient (Wildman–Crippen LogP) is 3.30. The standard InChI is InChI=1S/C22H27N3O2/c1-17-13-24(15-20-8-10-21(16-26)11-9-20)14-18(2)25(17)22(27)23-12-19-6-4-3-5-7-19/h3-11,16-18H,12-15H2,1-2H3,(H,23,27). The van der Waals surface area contributed by atoms with E-state index in [-0.39, 0.29) is 18.1 Å². The van der Waals surface area contributed by atoms with Crippen molar-refractivity contribution in [2.24, 2.45) is 0 Å². The topological polar surface area (TPSA) is 52.7 Å². The van der Waals surface area contributed by atoms with Crippen molar-refractivity contribution in [3.63, 3.8) is 0 Å². The van der Waals surface area contributed by atoms with Crippen LogP contribution in [0.25, 0.3) is 0 Å². The van der Waals surface area contributed by atoms with Gasteiger partial charge in [0.1, 0.15) is 6.29 Å². The molecule has 3 rings (SSSR count). The number of carbonyl (C=O) groups excluding carboxylic acids is 2. The quantitative estimate of drug-likeness (QED) is 0.827. The Labute approximate surface area is 161 Å².